The molecule has 2 aromatic heterocycles. The van der Waals surface area contributed by atoms with Gasteiger partial charge in [0, 0.05) is 10.6 Å². The van der Waals surface area contributed by atoms with Crippen molar-refractivity contribution in [2.45, 2.75) is 0 Å². The van der Waals surface area contributed by atoms with Crippen LogP contribution in [-0.2, 0) is 0 Å². The number of nitrogens with zero attached hydrogens (tertiary/aromatic N) is 1. The van der Waals surface area contributed by atoms with Crippen molar-refractivity contribution < 1.29 is 4.42 Å². The highest BCUT2D eigenvalue weighted by molar-refractivity contribution is 6.30. The molecule has 3 rings (SSSR count). The number of hydrogen-bond acceptors (Lipinski definition) is 3. The van der Waals surface area contributed by atoms with E-state index in [1.807, 2.05) is 12.1 Å². The van der Waals surface area contributed by atoms with Crippen LogP contribution in [0.15, 0.2) is 45.9 Å². The van der Waals surface area contributed by atoms with E-state index in [2.05, 4.69) is 9.97 Å². The van der Waals surface area contributed by atoms with E-state index in [-0.39, 0.29) is 5.56 Å². The summed E-state index contributed by atoms with van der Waals surface area (Å²) in [5.41, 5.74) is 0.976. The highest BCUT2D eigenvalue weighted by Gasteiger charge is 2.09. The summed E-state index contributed by atoms with van der Waals surface area (Å²) in [5.74, 6) is 0.598. The molecular formula is C12H7ClN2O2. The normalized spacial score (nSPS) is 10.9. The number of aromatic nitrogens is 2. The number of halogens is 1. The van der Waals surface area contributed by atoms with Gasteiger partial charge < -0.3 is 9.40 Å². The number of nitrogens with one attached hydrogen (secondary N) is 1. The molecule has 0 spiro atoms. The smallest absolute Gasteiger partial charge is 0.262 e. The zero-order valence-electron chi connectivity index (χ0n) is 8.61. The van der Waals surface area contributed by atoms with Crippen molar-refractivity contribution in [2.75, 3.05) is 0 Å². The third-order valence-electron chi connectivity index (χ3n) is 2.46. The minimum absolute atomic E-state index is 0.209. The predicted octanol–water partition coefficient (Wildman–Crippen LogP) is 2.84. The number of furan rings is 1. The number of aromatic amines is 1. The van der Waals surface area contributed by atoms with Gasteiger partial charge in [-0.05, 0) is 30.3 Å². The Hall–Kier alpha value is -2.07. The Morgan fingerprint density at radius 1 is 1.24 bits per heavy atom. The Balaban J connectivity index is 2.21. The van der Waals surface area contributed by atoms with Gasteiger partial charge in [0.05, 0.1) is 6.33 Å². The van der Waals surface area contributed by atoms with Gasteiger partial charge in [-0.25, -0.2) is 4.98 Å². The van der Waals surface area contributed by atoms with E-state index < -0.39 is 0 Å². The monoisotopic (exact) mass is 246 g/mol. The Labute approximate surface area is 101 Å². The third-order valence-corrected chi connectivity index (χ3v) is 2.72. The first-order valence-corrected chi connectivity index (χ1v) is 5.35. The number of rotatable bonds is 1. The molecule has 2 heterocycles. The SMILES string of the molecule is O=c1[nH]cnc2oc(-c3ccc(Cl)cc3)cc12. The molecule has 0 fully saturated rings. The van der Waals surface area contributed by atoms with Gasteiger partial charge in [0.25, 0.3) is 5.56 Å². The van der Waals surface area contributed by atoms with E-state index in [9.17, 15) is 4.79 Å². The molecular weight excluding hydrogens is 240 g/mol. The highest BCUT2D eigenvalue weighted by Crippen LogP contribution is 2.25. The number of H-pyrrole nitrogens is 1. The molecule has 4 nitrogen and oxygen atoms in total. The van der Waals surface area contributed by atoms with Gasteiger partial charge in [0.2, 0.25) is 5.71 Å². The van der Waals surface area contributed by atoms with Crippen molar-refractivity contribution >= 4 is 22.7 Å². The van der Waals surface area contributed by atoms with E-state index in [4.69, 9.17) is 16.0 Å². The summed E-state index contributed by atoms with van der Waals surface area (Å²) in [6.45, 7) is 0. The predicted molar refractivity (Wildman–Crippen MR) is 65.1 cm³/mol. The second-order valence-corrected chi connectivity index (χ2v) is 4.00. The van der Waals surface area contributed by atoms with Crippen LogP contribution in [0.2, 0.25) is 5.02 Å². The van der Waals surface area contributed by atoms with Crippen LogP contribution in [0.4, 0.5) is 0 Å². The van der Waals surface area contributed by atoms with Crippen molar-refractivity contribution in [1.82, 2.24) is 9.97 Å². The summed E-state index contributed by atoms with van der Waals surface area (Å²) < 4.78 is 5.50. The third kappa shape index (κ3) is 1.72. The maximum atomic E-state index is 11.5. The van der Waals surface area contributed by atoms with Crippen molar-refractivity contribution in [1.29, 1.82) is 0 Å². The van der Waals surface area contributed by atoms with Crippen LogP contribution < -0.4 is 5.56 Å². The fraction of sp³-hybridized carbons (Fsp3) is 0. The molecule has 0 aliphatic carbocycles. The molecule has 0 radical (unpaired) electrons. The van der Waals surface area contributed by atoms with Gasteiger partial charge in [0.15, 0.2) is 0 Å². The molecule has 0 aliphatic rings. The lowest BCUT2D eigenvalue weighted by Gasteiger charge is -1.95. The second-order valence-electron chi connectivity index (χ2n) is 3.57. The van der Waals surface area contributed by atoms with Crippen LogP contribution in [0.3, 0.4) is 0 Å². The first-order valence-electron chi connectivity index (χ1n) is 4.97. The maximum absolute atomic E-state index is 11.5. The summed E-state index contributed by atoms with van der Waals surface area (Å²) in [6.07, 6.45) is 1.32. The molecule has 3 aromatic rings. The van der Waals surface area contributed by atoms with Gasteiger partial charge >= 0.3 is 0 Å². The molecule has 0 amide bonds. The number of fused-ring (bicyclic) bond motifs is 1. The van der Waals surface area contributed by atoms with E-state index in [0.29, 0.717) is 21.9 Å². The molecule has 5 heteroatoms. The Bertz CT molecular complexity index is 728. The van der Waals surface area contributed by atoms with E-state index >= 15 is 0 Å². The molecule has 0 saturated heterocycles. The molecule has 17 heavy (non-hydrogen) atoms. The van der Waals surface area contributed by atoms with Crippen LogP contribution >= 0.6 is 11.6 Å². The minimum Gasteiger partial charge on any atom is -0.437 e. The Morgan fingerprint density at radius 3 is 2.71 bits per heavy atom. The molecule has 0 atom stereocenters. The summed E-state index contributed by atoms with van der Waals surface area (Å²) in [7, 11) is 0. The summed E-state index contributed by atoms with van der Waals surface area (Å²) >= 11 is 5.81. The number of benzene rings is 1. The van der Waals surface area contributed by atoms with Gasteiger partial charge in [-0.3, -0.25) is 4.79 Å². The van der Waals surface area contributed by atoms with Gasteiger partial charge in [-0.15, -0.1) is 0 Å². The molecule has 0 saturated carbocycles. The second kappa shape index (κ2) is 3.75. The Morgan fingerprint density at radius 2 is 2.00 bits per heavy atom. The van der Waals surface area contributed by atoms with Crippen LogP contribution in [0.5, 0.6) is 0 Å². The van der Waals surface area contributed by atoms with Crippen LogP contribution in [-0.4, -0.2) is 9.97 Å². The fourth-order valence-electron chi connectivity index (χ4n) is 1.62. The summed E-state index contributed by atoms with van der Waals surface area (Å²) in [5, 5.41) is 1.10. The molecule has 1 N–H and O–H groups in total. The van der Waals surface area contributed by atoms with Gasteiger partial charge in [0.1, 0.15) is 11.1 Å². The lowest BCUT2D eigenvalue weighted by atomic mass is 10.2. The molecule has 0 unspecified atom stereocenters. The average Bonchev–Trinajstić information content (AvgIpc) is 2.75. The zero-order valence-corrected chi connectivity index (χ0v) is 9.36. The minimum atomic E-state index is -0.209. The highest BCUT2D eigenvalue weighted by atomic mass is 35.5. The van der Waals surface area contributed by atoms with Crippen LogP contribution in [0, 0.1) is 0 Å². The fourth-order valence-corrected chi connectivity index (χ4v) is 1.75. The summed E-state index contributed by atoms with van der Waals surface area (Å²) in [4.78, 5) is 18.0. The molecule has 0 bridgehead atoms. The van der Waals surface area contributed by atoms with Gasteiger partial charge in [-0.1, -0.05) is 11.6 Å². The number of hydrogen-bond donors (Lipinski definition) is 1. The topological polar surface area (TPSA) is 58.9 Å². The lowest BCUT2D eigenvalue weighted by molar-refractivity contribution is 0.617. The van der Waals surface area contributed by atoms with E-state index in [1.165, 1.54) is 6.33 Å². The quantitative estimate of drug-likeness (QED) is 0.718. The maximum Gasteiger partial charge on any atom is 0.262 e. The van der Waals surface area contributed by atoms with Crippen molar-refractivity contribution in [3.8, 4) is 11.3 Å². The molecule has 0 aliphatic heterocycles. The van der Waals surface area contributed by atoms with Crippen LogP contribution in [0.1, 0.15) is 0 Å². The molecule has 1 aromatic carbocycles. The van der Waals surface area contributed by atoms with Crippen molar-refractivity contribution in [3.05, 3.63) is 52.0 Å². The summed E-state index contributed by atoms with van der Waals surface area (Å²) in [6, 6.07) is 8.86. The largest absolute Gasteiger partial charge is 0.437 e. The van der Waals surface area contributed by atoms with E-state index in [1.54, 1.807) is 18.2 Å². The van der Waals surface area contributed by atoms with Crippen molar-refractivity contribution in [3.63, 3.8) is 0 Å². The lowest BCUT2D eigenvalue weighted by Crippen LogP contribution is -2.03. The zero-order chi connectivity index (χ0) is 11.8. The first kappa shape index (κ1) is 10.1. The van der Waals surface area contributed by atoms with Crippen molar-refractivity contribution in [2.24, 2.45) is 0 Å². The first-order chi connectivity index (χ1) is 8.24. The average molecular weight is 247 g/mol. The van der Waals surface area contributed by atoms with Crippen LogP contribution in [0.25, 0.3) is 22.4 Å². The Kier molecular flexibility index (Phi) is 2.23. The standard InChI is InChI=1S/C12H7ClN2O2/c13-8-3-1-7(2-4-8)10-5-9-11(16)14-6-15-12(9)17-10/h1-6H,(H,14,15,16). The van der Waals surface area contributed by atoms with E-state index in [0.717, 1.165) is 5.56 Å². The van der Waals surface area contributed by atoms with Gasteiger partial charge in [-0.2, -0.15) is 0 Å². The molecule has 84 valence electrons.